The van der Waals surface area contributed by atoms with Crippen LogP contribution in [0.5, 0.6) is 5.88 Å². The monoisotopic (exact) mass is 282 g/mol. The molecule has 0 radical (unpaired) electrons. The Labute approximate surface area is 124 Å². The van der Waals surface area contributed by atoms with E-state index in [1.54, 1.807) is 12.4 Å². The van der Waals surface area contributed by atoms with Gasteiger partial charge in [-0.25, -0.2) is 0 Å². The molecule has 0 aromatic carbocycles. The van der Waals surface area contributed by atoms with Crippen LogP contribution in [0.25, 0.3) is 11.3 Å². The van der Waals surface area contributed by atoms with Crippen molar-refractivity contribution in [2.24, 2.45) is 5.92 Å². The molecule has 0 N–H and O–H groups in total. The van der Waals surface area contributed by atoms with Gasteiger partial charge in [0.05, 0.1) is 5.69 Å². The van der Waals surface area contributed by atoms with Crippen LogP contribution in [0.15, 0.2) is 36.7 Å². The number of hydrogen-bond donors (Lipinski definition) is 0. The van der Waals surface area contributed by atoms with Gasteiger partial charge in [-0.15, -0.1) is 10.2 Å². The van der Waals surface area contributed by atoms with Crippen LogP contribution in [-0.4, -0.2) is 45.8 Å². The largest absolute Gasteiger partial charge is 0.472 e. The SMILES string of the molecule is c1cncc(-c2ccc(OC3CN4CCC3CC4)nn2)c1. The van der Waals surface area contributed by atoms with Crippen LogP contribution in [0, 0.1) is 5.92 Å². The zero-order valence-corrected chi connectivity index (χ0v) is 11.9. The molecule has 5 rings (SSSR count). The van der Waals surface area contributed by atoms with Gasteiger partial charge in [-0.2, -0.15) is 0 Å². The van der Waals surface area contributed by atoms with E-state index in [2.05, 4.69) is 20.1 Å². The van der Waals surface area contributed by atoms with E-state index in [1.807, 2.05) is 24.3 Å². The number of hydrogen-bond acceptors (Lipinski definition) is 5. The van der Waals surface area contributed by atoms with Crippen molar-refractivity contribution in [2.75, 3.05) is 19.6 Å². The maximum Gasteiger partial charge on any atom is 0.233 e. The normalized spacial score (nSPS) is 27.5. The zero-order valence-electron chi connectivity index (χ0n) is 11.9. The molecule has 2 bridgehead atoms. The molecule has 0 aliphatic carbocycles. The Morgan fingerprint density at radius 3 is 2.62 bits per heavy atom. The van der Waals surface area contributed by atoms with Gasteiger partial charge in [0.2, 0.25) is 5.88 Å². The van der Waals surface area contributed by atoms with Crippen molar-refractivity contribution in [2.45, 2.75) is 18.9 Å². The molecule has 2 aromatic heterocycles. The van der Waals surface area contributed by atoms with Gasteiger partial charge >= 0.3 is 0 Å². The molecule has 21 heavy (non-hydrogen) atoms. The van der Waals surface area contributed by atoms with Gasteiger partial charge in [-0.05, 0) is 50.0 Å². The summed E-state index contributed by atoms with van der Waals surface area (Å²) in [6.45, 7) is 3.46. The lowest BCUT2D eigenvalue weighted by atomic mass is 9.86. The van der Waals surface area contributed by atoms with E-state index in [1.165, 1.54) is 25.9 Å². The fraction of sp³-hybridized carbons (Fsp3) is 0.438. The quantitative estimate of drug-likeness (QED) is 0.862. The Morgan fingerprint density at radius 1 is 1.10 bits per heavy atom. The van der Waals surface area contributed by atoms with Crippen LogP contribution in [0.2, 0.25) is 0 Å². The smallest absolute Gasteiger partial charge is 0.233 e. The second-order valence-corrected chi connectivity index (χ2v) is 5.79. The molecule has 3 aliphatic rings. The molecule has 5 heteroatoms. The Morgan fingerprint density at radius 2 is 2.00 bits per heavy atom. The average molecular weight is 282 g/mol. The second-order valence-electron chi connectivity index (χ2n) is 5.79. The third-order valence-electron chi connectivity index (χ3n) is 4.47. The highest BCUT2D eigenvalue weighted by atomic mass is 16.5. The minimum atomic E-state index is 0.269. The summed E-state index contributed by atoms with van der Waals surface area (Å²) in [5, 5.41) is 8.46. The van der Waals surface area contributed by atoms with Gasteiger partial charge in [0.1, 0.15) is 6.10 Å². The lowest BCUT2D eigenvalue weighted by molar-refractivity contribution is -0.0103. The summed E-state index contributed by atoms with van der Waals surface area (Å²) in [7, 11) is 0. The molecular formula is C16H18N4O. The fourth-order valence-electron chi connectivity index (χ4n) is 3.25. The summed E-state index contributed by atoms with van der Waals surface area (Å²) in [6, 6.07) is 7.73. The van der Waals surface area contributed by atoms with Crippen molar-refractivity contribution < 1.29 is 4.74 Å². The number of ether oxygens (including phenoxy) is 1. The first kappa shape index (κ1) is 12.7. The van der Waals surface area contributed by atoms with E-state index in [4.69, 9.17) is 4.74 Å². The molecule has 5 heterocycles. The highest BCUT2D eigenvalue weighted by Gasteiger charge is 2.35. The first-order valence-corrected chi connectivity index (χ1v) is 7.51. The molecule has 1 atom stereocenters. The number of nitrogens with zero attached hydrogens (tertiary/aromatic N) is 4. The number of piperidine rings is 3. The summed E-state index contributed by atoms with van der Waals surface area (Å²) in [5.74, 6) is 1.30. The molecule has 1 unspecified atom stereocenters. The molecular weight excluding hydrogens is 264 g/mol. The third-order valence-corrected chi connectivity index (χ3v) is 4.47. The predicted octanol–water partition coefficient (Wildman–Crippen LogP) is 2.01. The van der Waals surface area contributed by atoms with Crippen LogP contribution in [0.3, 0.4) is 0 Å². The summed E-state index contributed by atoms with van der Waals surface area (Å²) < 4.78 is 6.05. The highest BCUT2D eigenvalue weighted by molar-refractivity contribution is 5.56. The molecule has 3 fully saturated rings. The van der Waals surface area contributed by atoms with Gasteiger partial charge in [0.15, 0.2) is 0 Å². The standard InChI is InChI=1S/C16H18N4O/c1-2-13(10-17-7-1)14-3-4-16(19-18-14)21-15-11-20-8-5-12(15)6-9-20/h1-4,7,10,12,15H,5-6,8-9,11H2. The second kappa shape index (κ2) is 5.41. The number of fused-ring (bicyclic) bond motifs is 3. The van der Waals surface area contributed by atoms with Crippen molar-refractivity contribution >= 4 is 0 Å². The van der Waals surface area contributed by atoms with Crippen molar-refractivity contribution in [1.82, 2.24) is 20.1 Å². The van der Waals surface area contributed by atoms with E-state index in [-0.39, 0.29) is 6.10 Å². The molecule has 5 nitrogen and oxygen atoms in total. The van der Waals surface area contributed by atoms with E-state index in [9.17, 15) is 0 Å². The Hall–Kier alpha value is -2.01. The molecule has 0 spiro atoms. The first-order valence-electron chi connectivity index (χ1n) is 7.51. The summed E-state index contributed by atoms with van der Waals surface area (Å²) in [4.78, 5) is 6.57. The van der Waals surface area contributed by atoms with E-state index in [0.717, 1.165) is 17.8 Å². The lowest BCUT2D eigenvalue weighted by Gasteiger charge is -2.44. The maximum atomic E-state index is 6.05. The fourth-order valence-corrected chi connectivity index (χ4v) is 3.25. The zero-order chi connectivity index (χ0) is 14.1. The van der Waals surface area contributed by atoms with Crippen molar-refractivity contribution in [1.29, 1.82) is 0 Å². The van der Waals surface area contributed by atoms with E-state index >= 15 is 0 Å². The summed E-state index contributed by atoms with van der Waals surface area (Å²) >= 11 is 0. The first-order chi connectivity index (χ1) is 10.4. The van der Waals surface area contributed by atoms with Gasteiger partial charge in [-0.1, -0.05) is 0 Å². The van der Waals surface area contributed by atoms with Crippen molar-refractivity contribution in [3.63, 3.8) is 0 Å². The van der Waals surface area contributed by atoms with E-state index in [0.29, 0.717) is 11.8 Å². The maximum absolute atomic E-state index is 6.05. The molecule has 108 valence electrons. The van der Waals surface area contributed by atoms with Gasteiger partial charge in [0, 0.05) is 30.6 Å². The van der Waals surface area contributed by atoms with E-state index < -0.39 is 0 Å². The van der Waals surface area contributed by atoms with Gasteiger partial charge < -0.3 is 4.74 Å². The molecule has 0 saturated carbocycles. The number of rotatable bonds is 3. The van der Waals surface area contributed by atoms with Crippen LogP contribution >= 0.6 is 0 Å². The van der Waals surface area contributed by atoms with Gasteiger partial charge in [0.25, 0.3) is 0 Å². The summed E-state index contributed by atoms with van der Waals surface area (Å²) in [5.41, 5.74) is 1.80. The number of aromatic nitrogens is 3. The van der Waals surface area contributed by atoms with Crippen molar-refractivity contribution in [3.8, 4) is 17.1 Å². The topological polar surface area (TPSA) is 51.1 Å². The molecule has 0 amide bonds. The van der Waals surface area contributed by atoms with Crippen molar-refractivity contribution in [3.05, 3.63) is 36.7 Å². The average Bonchev–Trinajstić information content (AvgIpc) is 2.57. The van der Waals surface area contributed by atoms with Crippen LogP contribution in [-0.2, 0) is 0 Å². The Bertz CT molecular complexity index is 593. The highest BCUT2D eigenvalue weighted by Crippen LogP contribution is 2.30. The van der Waals surface area contributed by atoms with Gasteiger partial charge in [-0.3, -0.25) is 9.88 Å². The third kappa shape index (κ3) is 2.61. The Balaban J connectivity index is 1.47. The molecule has 3 saturated heterocycles. The van der Waals surface area contributed by atoms with Crippen LogP contribution < -0.4 is 4.74 Å². The minimum Gasteiger partial charge on any atom is -0.472 e. The lowest BCUT2D eigenvalue weighted by Crippen LogP contribution is -2.52. The summed E-state index contributed by atoms with van der Waals surface area (Å²) in [6.07, 6.45) is 6.29. The number of pyridine rings is 1. The Kier molecular flexibility index (Phi) is 3.27. The molecule has 3 aliphatic heterocycles. The predicted molar refractivity (Wildman–Crippen MR) is 78.8 cm³/mol. The minimum absolute atomic E-state index is 0.269. The van der Waals surface area contributed by atoms with Crippen LogP contribution in [0.1, 0.15) is 12.8 Å². The molecule has 2 aromatic rings. The van der Waals surface area contributed by atoms with Crippen LogP contribution in [0.4, 0.5) is 0 Å².